The van der Waals surface area contributed by atoms with Crippen molar-refractivity contribution in [2.24, 2.45) is 0 Å². The van der Waals surface area contributed by atoms with Gasteiger partial charge < -0.3 is 9.63 Å². The molecular formula is C33H31N4O2P. The highest BCUT2D eigenvalue weighted by molar-refractivity contribution is 7.42. The Morgan fingerprint density at radius 3 is 1.80 bits per heavy atom. The van der Waals surface area contributed by atoms with E-state index in [9.17, 15) is 5.11 Å². The fourth-order valence-corrected chi connectivity index (χ4v) is 5.44. The van der Waals surface area contributed by atoms with Crippen molar-refractivity contribution < 1.29 is 9.63 Å². The third-order valence-electron chi connectivity index (χ3n) is 7.46. The van der Waals surface area contributed by atoms with E-state index in [1.54, 1.807) is 13.8 Å². The van der Waals surface area contributed by atoms with Crippen LogP contribution in [0.4, 0.5) is 0 Å². The second kappa shape index (κ2) is 10.2. The van der Waals surface area contributed by atoms with Crippen molar-refractivity contribution in [3.05, 3.63) is 103 Å². The number of benzene rings is 4. The molecule has 1 atom stereocenters. The average Bonchev–Trinajstić information content (AvgIpc) is 3.30. The molecule has 6 rings (SSSR count). The Morgan fingerprint density at radius 2 is 1.20 bits per heavy atom. The van der Waals surface area contributed by atoms with Crippen molar-refractivity contribution in [3.8, 4) is 28.7 Å². The minimum absolute atomic E-state index is 0.0874. The Labute approximate surface area is 235 Å². The largest absolute Gasteiger partial charge is 0.387 e. The maximum atomic E-state index is 10.5. The van der Waals surface area contributed by atoms with E-state index in [-0.39, 0.29) is 8.81 Å². The predicted molar refractivity (Wildman–Crippen MR) is 164 cm³/mol. The standard InChI is InChI=1S/C33H31N4O2P/c1-32(2,38)33(3,4)39-40-24-19-20-28-26(21-24)25-17-11-12-18-27(25)37(28)31-35-29(22-13-7-5-8-14-22)34-30(36-31)23-15-9-6-10-16-23/h5-21,38,40H,1-4H3. The molecule has 0 saturated carbocycles. The van der Waals surface area contributed by atoms with E-state index in [0.717, 1.165) is 38.2 Å². The number of aromatic nitrogens is 4. The highest BCUT2D eigenvalue weighted by Crippen LogP contribution is 2.35. The molecule has 40 heavy (non-hydrogen) atoms. The van der Waals surface area contributed by atoms with Gasteiger partial charge in [0.2, 0.25) is 5.95 Å². The molecule has 0 aliphatic heterocycles. The summed E-state index contributed by atoms with van der Waals surface area (Å²) >= 11 is 0. The zero-order valence-electron chi connectivity index (χ0n) is 23.0. The van der Waals surface area contributed by atoms with Crippen molar-refractivity contribution >= 4 is 35.9 Å². The molecule has 2 heterocycles. The van der Waals surface area contributed by atoms with Gasteiger partial charge in [-0.2, -0.15) is 9.97 Å². The first-order chi connectivity index (χ1) is 19.2. The molecule has 0 radical (unpaired) electrons. The number of para-hydroxylation sites is 1. The van der Waals surface area contributed by atoms with Crippen LogP contribution in [0.15, 0.2) is 103 Å². The third-order valence-corrected chi connectivity index (χ3v) is 8.62. The van der Waals surface area contributed by atoms with Crippen molar-refractivity contribution in [3.63, 3.8) is 0 Å². The molecule has 0 spiro atoms. The maximum Gasteiger partial charge on any atom is 0.238 e. The van der Waals surface area contributed by atoms with Crippen LogP contribution in [0.5, 0.6) is 0 Å². The number of fused-ring (bicyclic) bond motifs is 3. The number of hydrogen-bond donors (Lipinski definition) is 1. The van der Waals surface area contributed by atoms with E-state index in [2.05, 4.69) is 34.9 Å². The second-order valence-electron chi connectivity index (χ2n) is 10.9. The summed E-state index contributed by atoms with van der Waals surface area (Å²) in [5.41, 5.74) is 2.21. The lowest BCUT2D eigenvalue weighted by Gasteiger charge is -2.36. The van der Waals surface area contributed by atoms with Gasteiger partial charge in [-0.05, 0) is 45.9 Å². The molecule has 0 bridgehead atoms. The summed E-state index contributed by atoms with van der Waals surface area (Å²) in [6.45, 7) is 7.38. The first-order valence-corrected chi connectivity index (χ1v) is 14.2. The average molecular weight is 547 g/mol. The van der Waals surface area contributed by atoms with Gasteiger partial charge in [0, 0.05) is 36.0 Å². The van der Waals surface area contributed by atoms with Crippen LogP contribution in [-0.4, -0.2) is 35.8 Å². The molecule has 0 fully saturated rings. The summed E-state index contributed by atoms with van der Waals surface area (Å²) in [6.07, 6.45) is 0. The smallest absolute Gasteiger partial charge is 0.238 e. The topological polar surface area (TPSA) is 73.1 Å². The minimum Gasteiger partial charge on any atom is -0.387 e. The fraction of sp³-hybridized carbons (Fsp3) is 0.182. The molecule has 0 amide bonds. The lowest BCUT2D eigenvalue weighted by atomic mass is 9.90. The molecule has 0 saturated heterocycles. The second-order valence-corrected chi connectivity index (χ2v) is 11.9. The Morgan fingerprint density at radius 1 is 0.650 bits per heavy atom. The van der Waals surface area contributed by atoms with E-state index in [4.69, 9.17) is 19.5 Å². The predicted octanol–water partition coefficient (Wildman–Crippen LogP) is 7.09. The summed E-state index contributed by atoms with van der Waals surface area (Å²) in [6, 6.07) is 34.7. The Hall–Kier alpha value is -3.96. The van der Waals surface area contributed by atoms with E-state index in [1.807, 2.05) is 86.6 Å². The molecule has 1 unspecified atom stereocenters. The number of aliphatic hydroxyl groups is 1. The molecule has 1 N–H and O–H groups in total. The van der Waals surface area contributed by atoms with Crippen LogP contribution in [0.1, 0.15) is 27.7 Å². The summed E-state index contributed by atoms with van der Waals surface area (Å²) in [5.74, 6) is 1.81. The van der Waals surface area contributed by atoms with Crippen LogP contribution in [0, 0.1) is 0 Å². The Bertz CT molecular complexity index is 1750. The highest BCUT2D eigenvalue weighted by atomic mass is 31.1. The monoisotopic (exact) mass is 546 g/mol. The molecule has 6 aromatic rings. The summed E-state index contributed by atoms with van der Waals surface area (Å²) in [7, 11) is 0.0874. The van der Waals surface area contributed by atoms with E-state index in [1.165, 1.54) is 0 Å². The number of hydrogen-bond acceptors (Lipinski definition) is 5. The van der Waals surface area contributed by atoms with Crippen molar-refractivity contribution in [2.75, 3.05) is 0 Å². The van der Waals surface area contributed by atoms with Gasteiger partial charge in [-0.25, -0.2) is 4.98 Å². The summed E-state index contributed by atoms with van der Waals surface area (Å²) < 4.78 is 8.31. The summed E-state index contributed by atoms with van der Waals surface area (Å²) in [5, 5.41) is 13.8. The van der Waals surface area contributed by atoms with Crippen molar-refractivity contribution in [2.45, 2.75) is 38.9 Å². The van der Waals surface area contributed by atoms with Gasteiger partial charge >= 0.3 is 0 Å². The quantitative estimate of drug-likeness (QED) is 0.217. The molecule has 6 nitrogen and oxygen atoms in total. The molecule has 4 aromatic carbocycles. The molecule has 200 valence electrons. The van der Waals surface area contributed by atoms with Gasteiger partial charge in [-0.3, -0.25) is 4.57 Å². The van der Waals surface area contributed by atoms with Crippen LogP contribution >= 0.6 is 8.81 Å². The van der Waals surface area contributed by atoms with E-state index < -0.39 is 11.2 Å². The van der Waals surface area contributed by atoms with Gasteiger partial charge in [0.05, 0.1) is 22.2 Å². The zero-order chi connectivity index (χ0) is 27.9. The number of nitrogens with zero attached hydrogens (tertiary/aromatic N) is 4. The first kappa shape index (κ1) is 26.3. The van der Waals surface area contributed by atoms with Crippen LogP contribution < -0.4 is 5.30 Å². The van der Waals surface area contributed by atoms with Crippen LogP contribution in [0.25, 0.3) is 50.5 Å². The third kappa shape index (κ3) is 4.90. The Kier molecular flexibility index (Phi) is 6.71. The zero-order valence-corrected chi connectivity index (χ0v) is 24.0. The van der Waals surface area contributed by atoms with E-state index >= 15 is 0 Å². The molecule has 2 aromatic heterocycles. The van der Waals surface area contributed by atoms with Gasteiger partial charge in [-0.15, -0.1) is 0 Å². The summed E-state index contributed by atoms with van der Waals surface area (Å²) in [4.78, 5) is 14.8. The van der Waals surface area contributed by atoms with Gasteiger partial charge in [0.1, 0.15) is 0 Å². The van der Waals surface area contributed by atoms with Gasteiger partial charge in [0.15, 0.2) is 11.6 Å². The van der Waals surface area contributed by atoms with Gasteiger partial charge in [-0.1, -0.05) is 84.9 Å². The number of rotatable bonds is 7. The molecular weight excluding hydrogens is 515 g/mol. The van der Waals surface area contributed by atoms with Crippen molar-refractivity contribution in [1.29, 1.82) is 0 Å². The van der Waals surface area contributed by atoms with E-state index in [0.29, 0.717) is 17.6 Å². The van der Waals surface area contributed by atoms with Crippen LogP contribution in [-0.2, 0) is 4.52 Å². The fourth-order valence-electron chi connectivity index (χ4n) is 4.46. The SMILES string of the molecule is CC(C)(O)C(C)(C)OPc1ccc2c(c1)c1ccccc1n2-c1nc(-c2ccccc2)nc(-c2ccccc2)n1. The Balaban J connectivity index is 1.52. The van der Waals surface area contributed by atoms with Crippen LogP contribution in [0.2, 0.25) is 0 Å². The molecule has 7 heteroatoms. The minimum atomic E-state index is -0.967. The van der Waals surface area contributed by atoms with Crippen molar-refractivity contribution in [1.82, 2.24) is 19.5 Å². The maximum absolute atomic E-state index is 10.5. The lowest BCUT2D eigenvalue weighted by molar-refractivity contribution is -0.0833. The van der Waals surface area contributed by atoms with Gasteiger partial charge in [0.25, 0.3) is 0 Å². The molecule has 0 aliphatic rings. The first-order valence-electron chi connectivity index (χ1n) is 13.3. The highest BCUT2D eigenvalue weighted by Gasteiger charge is 2.36. The normalized spacial score (nSPS) is 12.6. The van der Waals surface area contributed by atoms with Crippen LogP contribution in [0.3, 0.4) is 0 Å². The lowest BCUT2D eigenvalue weighted by Crippen LogP contribution is -2.45. The molecule has 0 aliphatic carbocycles.